The number of benzene rings is 1. The van der Waals surface area contributed by atoms with Gasteiger partial charge in [-0.2, -0.15) is 0 Å². The summed E-state index contributed by atoms with van der Waals surface area (Å²) < 4.78 is 0. The third kappa shape index (κ3) is 3.46. The van der Waals surface area contributed by atoms with Crippen LogP contribution in [0.4, 0.5) is 5.69 Å². The Kier molecular flexibility index (Phi) is 4.32. The van der Waals surface area contributed by atoms with Crippen LogP contribution in [-0.2, 0) is 17.6 Å². The Morgan fingerprint density at radius 1 is 1.28 bits per heavy atom. The number of pyridine rings is 1. The minimum atomic E-state index is 0.00945. The van der Waals surface area contributed by atoms with E-state index in [1.807, 2.05) is 49.5 Å². The number of hydrogen-bond acceptors (Lipinski definition) is 4. The smallest absolute Gasteiger partial charge is 0.227 e. The van der Waals surface area contributed by atoms with Crippen LogP contribution < -0.4 is 5.32 Å². The van der Waals surface area contributed by atoms with Crippen LogP contribution in [0.2, 0.25) is 0 Å². The standard InChI is InChI=1S/C20H19N3OS/c1-13-4-2-6-16(10-13)22-19(24)14-7-8-17-18(11-14)25-20(23-17)15-5-3-9-21-12-15/h2-6,9-10,12,14H,7-8,11H2,1H3,(H,22,24). The van der Waals surface area contributed by atoms with E-state index in [4.69, 9.17) is 4.98 Å². The zero-order valence-corrected chi connectivity index (χ0v) is 14.8. The first kappa shape index (κ1) is 16.0. The molecule has 4 rings (SSSR count). The van der Waals surface area contributed by atoms with Crippen molar-refractivity contribution in [1.82, 2.24) is 9.97 Å². The van der Waals surface area contributed by atoms with Crippen LogP contribution in [0.15, 0.2) is 48.8 Å². The molecule has 126 valence electrons. The van der Waals surface area contributed by atoms with Gasteiger partial charge in [-0.1, -0.05) is 12.1 Å². The lowest BCUT2D eigenvalue weighted by atomic mass is 9.90. The van der Waals surface area contributed by atoms with Crippen LogP contribution in [0.1, 0.15) is 22.6 Å². The maximum atomic E-state index is 12.6. The first-order chi connectivity index (χ1) is 12.2. The van der Waals surface area contributed by atoms with Gasteiger partial charge >= 0.3 is 0 Å². The van der Waals surface area contributed by atoms with E-state index in [1.54, 1.807) is 17.5 Å². The fourth-order valence-electron chi connectivity index (χ4n) is 3.18. The SMILES string of the molecule is Cc1cccc(NC(=O)C2CCc3nc(-c4cccnc4)sc3C2)c1. The molecular weight excluding hydrogens is 330 g/mol. The first-order valence-electron chi connectivity index (χ1n) is 8.45. The molecule has 0 radical (unpaired) electrons. The van der Waals surface area contributed by atoms with E-state index in [2.05, 4.69) is 10.3 Å². The quantitative estimate of drug-likeness (QED) is 0.769. The Labute approximate surface area is 151 Å². The van der Waals surface area contributed by atoms with Crippen molar-refractivity contribution in [2.24, 2.45) is 5.92 Å². The van der Waals surface area contributed by atoms with Gasteiger partial charge in [-0.15, -0.1) is 11.3 Å². The molecule has 25 heavy (non-hydrogen) atoms. The second-order valence-electron chi connectivity index (χ2n) is 6.43. The maximum Gasteiger partial charge on any atom is 0.227 e. The fourth-order valence-corrected chi connectivity index (χ4v) is 4.36. The van der Waals surface area contributed by atoms with Gasteiger partial charge in [-0.25, -0.2) is 4.98 Å². The van der Waals surface area contributed by atoms with Gasteiger partial charge in [0.05, 0.1) is 5.69 Å². The van der Waals surface area contributed by atoms with E-state index in [9.17, 15) is 4.79 Å². The van der Waals surface area contributed by atoms with E-state index < -0.39 is 0 Å². The molecule has 2 aromatic heterocycles. The first-order valence-corrected chi connectivity index (χ1v) is 9.27. The van der Waals surface area contributed by atoms with Crippen molar-refractivity contribution < 1.29 is 4.79 Å². The van der Waals surface area contributed by atoms with Crippen molar-refractivity contribution in [3.8, 4) is 10.6 Å². The zero-order chi connectivity index (χ0) is 17.2. The molecule has 5 heteroatoms. The third-order valence-electron chi connectivity index (χ3n) is 4.50. The molecule has 0 aliphatic heterocycles. The Morgan fingerprint density at radius 3 is 3.00 bits per heavy atom. The van der Waals surface area contributed by atoms with Gasteiger partial charge in [0, 0.05) is 34.4 Å². The number of aryl methyl sites for hydroxylation is 2. The largest absolute Gasteiger partial charge is 0.326 e. The molecule has 2 heterocycles. The average molecular weight is 349 g/mol. The number of nitrogens with zero attached hydrogens (tertiary/aromatic N) is 2. The van der Waals surface area contributed by atoms with Crippen LogP contribution in [0, 0.1) is 12.8 Å². The van der Waals surface area contributed by atoms with Gasteiger partial charge in [0.25, 0.3) is 0 Å². The van der Waals surface area contributed by atoms with Gasteiger partial charge in [-0.3, -0.25) is 9.78 Å². The Hall–Kier alpha value is -2.53. The number of thiazole rings is 1. The normalized spacial score (nSPS) is 16.3. The predicted molar refractivity (Wildman–Crippen MR) is 101 cm³/mol. The number of amides is 1. The summed E-state index contributed by atoms with van der Waals surface area (Å²) >= 11 is 1.69. The second-order valence-corrected chi connectivity index (χ2v) is 7.51. The van der Waals surface area contributed by atoms with Crippen molar-refractivity contribution >= 4 is 22.9 Å². The van der Waals surface area contributed by atoms with Gasteiger partial charge in [0.1, 0.15) is 5.01 Å². The molecule has 0 saturated heterocycles. The van der Waals surface area contributed by atoms with Gasteiger partial charge in [0.2, 0.25) is 5.91 Å². The van der Waals surface area contributed by atoms with E-state index in [-0.39, 0.29) is 11.8 Å². The molecule has 1 aliphatic carbocycles. The molecule has 1 amide bonds. The van der Waals surface area contributed by atoms with E-state index >= 15 is 0 Å². The summed E-state index contributed by atoms with van der Waals surface area (Å²) in [5.74, 6) is 0.114. The summed E-state index contributed by atoms with van der Waals surface area (Å²) in [6.07, 6.45) is 6.08. The number of nitrogens with one attached hydrogen (secondary N) is 1. The van der Waals surface area contributed by atoms with Crippen LogP contribution in [0.25, 0.3) is 10.6 Å². The number of hydrogen-bond donors (Lipinski definition) is 1. The highest BCUT2D eigenvalue weighted by Crippen LogP contribution is 2.34. The molecule has 4 nitrogen and oxygen atoms in total. The molecule has 1 atom stereocenters. The molecular formula is C20H19N3OS. The Balaban J connectivity index is 1.49. The van der Waals surface area contributed by atoms with Crippen molar-refractivity contribution in [3.63, 3.8) is 0 Å². The van der Waals surface area contributed by atoms with Crippen LogP contribution >= 0.6 is 11.3 Å². The van der Waals surface area contributed by atoms with Gasteiger partial charge in [-0.05, 0) is 56.0 Å². The molecule has 1 N–H and O–H groups in total. The summed E-state index contributed by atoms with van der Waals surface area (Å²) in [6.45, 7) is 2.03. The topological polar surface area (TPSA) is 54.9 Å². The van der Waals surface area contributed by atoms with Crippen molar-refractivity contribution in [2.75, 3.05) is 5.32 Å². The van der Waals surface area contributed by atoms with E-state index in [0.717, 1.165) is 46.8 Å². The molecule has 3 aromatic rings. The molecule has 0 saturated carbocycles. The molecule has 1 aromatic carbocycles. The van der Waals surface area contributed by atoms with Crippen molar-refractivity contribution in [3.05, 3.63) is 64.9 Å². The summed E-state index contributed by atoms with van der Waals surface area (Å²) in [4.78, 5) is 22.8. The number of rotatable bonds is 3. The molecule has 1 unspecified atom stereocenters. The summed E-state index contributed by atoms with van der Waals surface area (Å²) in [7, 11) is 0. The van der Waals surface area contributed by atoms with E-state index in [1.165, 1.54) is 4.88 Å². The highest BCUT2D eigenvalue weighted by Gasteiger charge is 2.27. The summed E-state index contributed by atoms with van der Waals surface area (Å²) in [5, 5.41) is 4.06. The number of carbonyl (C=O) groups is 1. The van der Waals surface area contributed by atoms with Crippen LogP contribution in [0.3, 0.4) is 0 Å². The van der Waals surface area contributed by atoms with Crippen LogP contribution in [0.5, 0.6) is 0 Å². The molecule has 0 fully saturated rings. The lowest BCUT2D eigenvalue weighted by molar-refractivity contribution is -0.120. The third-order valence-corrected chi connectivity index (χ3v) is 5.67. The van der Waals surface area contributed by atoms with Gasteiger partial charge in [0.15, 0.2) is 0 Å². The molecule has 1 aliphatic rings. The van der Waals surface area contributed by atoms with Crippen LogP contribution in [-0.4, -0.2) is 15.9 Å². The zero-order valence-electron chi connectivity index (χ0n) is 14.0. The number of carbonyl (C=O) groups excluding carboxylic acids is 1. The van der Waals surface area contributed by atoms with Crippen molar-refractivity contribution in [2.45, 2.75) is 26.2 Å². The average Bonchev–Trinajstić information content (AvgIpc) is 3.06. The minimum Gasteiger partial charge on any atom is -0.326 e. The lowest BCUT2D eigenvalue weighted by Gasteiger charge is -2.20. The van der Waals surface area contributed by atoms with E-state index in [0.29, 0.717) is 0 Å². The molecule has 0 bridgehead atoms. The van der Waals surface area contributed by atoms with Crippen molar-refractivity contribution in [1.29, 1.82) is 0 Å². The second kappa shape index (κ2) is 6.76. The summed E-state index contributed by atoms with van der Waals surface area (Å²) in [6, 6.07) is 11.9. The highest BCUT2D eigenvalue weighted by molar-refractivity contribution is 7.15. The number of anilines is 1. The van der Waals surface area contributed by atoms with Gasteiger partial charge < -0.3 is 5.32 Å². The number of aromatic nitrogens is 2. The molecule has 0 spiro atoms. The highest BCUT2D eigenvalue weighted by atomic mass is 32.1. The Bertz CT molecular complexity index is 904. The Morgan fingerprint density at radius 2 is 2.20 bits per heavy atom. The fraction of sp³-hybridized carbons (Fsp3) is 0.250. The predicted octanol–water partition coefficient (Wildman–Crippen LogP) is 4.26. The lowest BCUT2D eigenvalue weighted by Crippen LogP contribution is -2.27. The maximum absolute atomic E-state index is 12.6. The minimum absolute atomic E-state index is 0.00945. The number of fused-ring (bicyclic) bond motifs is 1. The summed E-state index contributed by atoms with van der Waals surface area (Å²) in [5.41, 5.74) is 4.20. The monoisotopic (exact) mass is 349 g/mol.